The highest BCUT2D eigenvalue weighted by atomic mass is 35.5. The first-order chi connectivity index (χ1) is 19.5. The Kier molecular flexibility index (Phi) is 11.0. The highest BCUT2D eigenvalue weighted by Crippen LogP contribution is 2.14. The van der Waals surface area contributed by atoms with E-state index in [2.05, 4.69) is 72.2 Å². The Morgan fingerprint density at radius 3 is 1.98 bits per heavy atom. The highest BCUT2D eigenvalue weighted by Gasteiger charge is 2.13. The molecule has 4 aromatic rings. The van der Waals surface area contributed by atoms with E-state index >= 15 is 0 Å². The van der Waals surface area contributed by atoms with Gasteiger partial charge in [-0.1, -0.05) is 91.4 Å². The fraction of sp³-hybridized carbons (Fsp3) is 0.250. The zero-order valence-electron chi connectivity index (χ0n) is 23.3. The Bertz CT molecular complexity index is 1430. The van der Waals surface area contributed by atoms with Gasteiger partial charge in [-0.05, 0) is 90.9 Å². The fourth-order valence-corrected chi connectivity index (χ4v) is 4.51. The third kappa shape index (κ3) is 9.12. The van der Waals surface area contributed by atoms with Crippen LogP contribution in [-0.2, 0) is 24.1 Å². The van der Waals surface area contributed by atoms with Gasteiger partial charge in [0.25, 0.3) is 0 Å². The van der Waals surface area contributed by atoms with Crippen LogP contribution < -0.4 is 0 Å². The summed E-state index contributed by atoms with van der Waals surface area (Å²) in [6.45, 7) is 5.73. The Morgan fingerprint density at radius 2 is 1.35 bits per heavy atom. The monoisotopic (exact) mass is 549 g/mol. The minimum absolute atomic E-state index is 0.205. The molecule has 4 rings (SSSR count). The van der Waals surface area contributed by atoms with Gasteiger partial charge in [0.2, 0.25) is 0 Å². The van der Waals surface area contributed by atoms with Crippen LogP contribution in [0.1, 0.15) is 63.5 Å². The van der Waals surface area contributed by atoms with Crippen LogP contribution in [0.25, 0.3) is 0 Å². The lowest BCUT2D eigenvalue weighted by molar-refractivity contribution is 0.0196. The molecule has 0 aromatic heterocycles. The number of nitrogens with zero attached hydrogens (tertiary/aromatic N) is 1. The smallest absolute Gasteiger partial charge is 0.339 e. The topological polar surface area (TPSA) is 29.5 Å². The predicted molar refractivity (Wildman–Crippen MR) is 165 cm³/mol. The van der Waals surface area contributed by atoms with E-state index in [-0.39, 0.29) is 12.7 Å². The van der Waals surface area contributed by atoms with E-state index in [0.717, 1.165) is 46.7 Å². The van der Waals surface area contributed by atoms with Crippen molar-refractivity contribution < 1.29 is 9.53 Å². The van der Waals surface area contributed by atoms with Crippen molar-refractivity contribution in [2.24, 2.45) is 0 Å². The SMILES string of the molecule is CCCCc1ccc(C#Cc2ccc(CN(CCc3ccc(Cl)cc3)COC(=O)c3ccccc3C)cc2)cc1. The zero-order chi connectivity index (χ0) is 28.2. The van der Waals surface area contributed by atoms with Crippen LogP contribution in [0.2, 0.25) is 5.02 Å². The van der Waals surface area contributed by atoms with E-state index in [0.29, 0.717) is 12.1 Å². The second-order valence-corrected chi connectivity index (χ2v) is 10.5. The summed E-state index contributed by atoms with van der Waals surface area (Å²) in [5, 5.41) is 0.722. The normalized spacial score (nSPS) is 10.7. The molecule has 40 heavy (non-hydrogen) atoms. The number of hydrogen-bond acceptors (Lipinski definition) is 3. The third-order valence-electron chi connectivity index (χ3n) is 6.86. The van der Waals surface area contributed by atoms with Crippen molar-refractivity contribution in [2.75, 3.05) is 13.3 Å². The highest BCUT2D eigenvalue weighted by molar-refractivity contribution is 6.30. The van der Waals surface area contributed by atoms with E-state index in [4.69, 9.17) is 16.3 Å². The molecule has 0 saturated heterocycles. The third-order valence-corrected chi connectivity index (χ3v) is 7.11. The molecule has 4 heteroatoms. The minimum atomic E-state index is -0.307. The largest absolute Gasteiger partial charge is 0.446 e. The molecule has 0 bridgehead atoms. The molecule has 0 aliphatic rings. The zero-order valence-corrected chi connectivity index (χ0v) is 24.1. The molecule has 0 heterocycles. The van der Waals surface area contributed by atoms with Gasteiger partial charge < -0.3 is 4.74 Å². The van der Waals surface area contributed by atoms with Crippen molar-refractivity contribution >= 4 is 17.6 Å². The minimum Gasteiger partial charge on any atom is -0.446 e. The van der Waals surface area contributed by atoms with Crippen molar-refractivity contribution in [3.8, 4) is 11.8 Å². The lowest BCUT2D eigenvalue weighted by Gasteiger charge is -2.22. The van der Waals surface area contributed by atoms with Gasteiger partial charge in [0.1, 0.15) is 6.73 Å². The molecule has 0 amide bonds. The van der Waals surface area contributed by atoms with Crippen molar-refractivity contribution in [3.05, 3.63) is 141 Å². The molecule has 0 aliphatic carbocycles. The molecule has 0 unspecified atom stereocenters. The Hall–Kier alpha value is -3.84. The van der Waals surface area contributed by atoms with Gasteiger partial charge in [0, 0.05) is 29.2 Å². The summed E-state index contributed by atoms with van der Waals surface area (Å²) in [5.41, 5.74) is 7.17. The van der Waals surface area contributed by atoms with Crippen molar-refractivity contribution in [2.45, 2.75) is 46.1 Å². The first kappa shape index (κ1) is 29.2. The van der Waals surface area contributed by atoms with E-state index in [9.17, 15) is 4.79 Å². The van der Waals surface area contributed by atoms with Gasteiger partial charge in [-0.3, -0.25) is 4.90 Å². The quantitative estimate of drug-likeness (QED) is 0.107. The summed E-state index contributed by atoms with van der Waals surface area (Å²) in [4.78, 5) is 14.9. The van der Waals surface area contributed by atoms with Crippen LogP contribution in [0.15, 0.2) is 97.1 Å². The van der Waals surface area contributed by atoms with Crippen LogP contribution >= 0.6 is 11.6 Å². The van der Waals surface area contributed by atoms with E-state index in [1.807, 2.05) is 49.4 Å². The second kappa shape index (κ2) is 15.1. The second-order valence-electron chi connectivity index (χ2n) is 10.1. The Balaban J connectivity index is 1.39. The lowest BCUT2D eigenvalue weighted by atomic mass is 10.1. The van der Waals surface area contributed by atoms with Gasteiger partial charge in [0.05, 0.1) is 5.56 Å². The van der Waals surface area contributed by atoms with Gasteiger partial charge in [-0.2, -0.15) is 0 Å². The maximum atomic E-state index is 12.8. The molecule has 0 fully saturated rings. The Morgan fingerprint density at radius 1 is 0.775 bits per heavy atom. The average molecular weight is 550 g/mol. The van der Waals surface area contributed by atoms with Gasteiger partial charge in [-0.15, -0.1) is 0 Å². The maximum absolute atomic E-state index is 12.8. The number of halogens is 1. The number of hydrogen-bond donors (Lipinski definition) is 0. The predicted octanol–water partition coefficient (Wildman–Crippen LogP) is 8.25. The maximum Gasteiger partial charge on any atom is 0.339 e. The summed E-state index contributed by atoms with van der Waals surface area (Å²) in [6, 6.07) is 32.2. The van der Waals surface area contributed by atoms with E-state index in [1.54, 1.807) is 6.07 Å². The van der Waals surface area contributed by atoms with Crippen LogP contribution in [0.5, 0.6) is 0 Å². The summed E-state index contributed by atoms with van der Waals surface area (Å²) in [7, 11) is 0. The molecular weight excluding hydrogens is 514 g/mol. The van der Waals surface area contributed by atoms with Crippen LogP contribution in [0, 0.1) is 18.8 Å². The molecular formula is C36H36ClNO2. The number of aryl methyl sites for hydroxylation is 2. The van der Waals surface area contributed by atoms with Gasteiger partial charge >= 0.3 is 5.97 Å². The molecule has 3 nitrogen and oxygen atoms in total. The van der Waals surface area contributed by atoms with Gasteiger partial charge in [0.15, 0.2) is 0 Å². The molecule has 0 saturated carbocycles. The molecule has 0 radical (unpaired) electrons. The van der Waals surface area contributed by atoms with Crippen LogP contribution in [0.3, 0.4) is 0 Å². The van der Waals surface area contributed by atoms with E-state index < -0.39 is 0 Å². The molecule has 0 atom stereocenters. The van der Waals surface area contributed by atoms with Crippen LogP contribution in [-0.4, -0.2) is 24.1 Å². The summed E-state index contributed by atoms with van der Waals surface area (Å²) in [5.74, 6) is 6.24. The summed E-state index contributed by atoms with van der Waals surface area (Å²) < 4.78 is 5.74. The first-order valence-electron chi connectivity index (χ1n) is 13.9. The number of carbonyl (C=O) groups is 1. The Labute approximate surface area is 243 Å². The molecule has 0 spiro atoms. The lowest BCUT2D eigenvalue weighted by Crippen LogP contribution is -2.30. The van der Waals surface area contributed by atoms with Crippen molar-refractivity contribution in [1.82, 2.24) is 4.90 Å². The number of ether oxygens (including phenoxy) is 1. The first-order valence-corrected chi connectivity index (χ1v) is 14.3. The molecule has 4 aromatic carbocycles. The number of benzene rings is 4. The summed E-state index contributed by atoms with van der Waals surface area (Å²) in [6.07, 6.45) is 4.36. The fourth-order valence-electron chi connectivity index (χ4n) is 4.39. The van der Waals surface area contributed by atoms with Crippen molar-refractivity contribution in [3.63, 3.8) is 0 Å². The molecule has 0 aliphatic heterocycles. The number of carbonyl (C=O) groups excluding carboxylic acids is 1. The van der Waals surface area contributed by atoms with Crippen LogP contribution in [0.4, 0.5) is 0 Å². The van der Waals surface area contributed by atoms with E-state index in [1.165, 1.54) is 24.0 Å². The molecule has 0 N–H and O–H groups in total. The number of unbranched alkanes of at least 4 members (excludes halogenated alkanes) is 1. The molecule has 204 valence electrons. The average Bonchev–Trinajstić information content (AvgIpc) is 2.98. The summed E-state index contributed by atoms with van der Waals surface area (Å²) >= 11 is 6.05. The number of esters is 1. The standard InChI is InChI=1S/C36H36ClNO2/c1-3-4-8-29-10-12-30(13-11-29)14-15-31-16-18-33(19-17-31)26-38(25-24-32-20-22-34(37)23-21-32)27-40-36(39)35-9-6-5-7-28(35)2/h5-7,9-13,16-23H,3-4,8,24-27H2,1-2H3. The van der Waals surface area contributed by atoms with Gasteiger partial charge in [-0.25, -0.2) is 4.79 Å². The number of rotatable bonds is 11. The van der Waals surface area contributed by atoms with Crippen molar-refractivity contribution in [1.29, 1.82) is 0 Å².